The highest BCUT2D eigenvalue weighted by atomic mass is 16.5. The number of carbonyl (C=O) groups is 1. The molecule has 3 heteroatoms. The Labute approximate surface area is 102 Å². The number of rotatable bonds is 5. The summed E-state index contributed by atoms with van der Waals surface area (Å²) in [4.78, 5) is 11.3. The van der Waals surface area contributed by atoms with Crippen LogP contribution >= 0.6 is 0 Å². The number of aliphatic hydroxyl groups excluding tert-OH is 1. The molecule has 1 N–H and O–H groups in total. The van der Waals surface area contributed by atoms with Crippen molar-refractivity contribution < 1.29 is 14.6 Å². The van der Waals surface area contributed by atoms with Gasteiger partial charge in [-0.25, -0.2) is 4.79 Å². The number of ether oxygens (including phenoxy) is 1. The van der Waals surface area contributed by atoms with Gasteiger partial charge in [0, 0.05) is 5.57 Å². The third kappa shape index (κ3) is 4.41. The van der Waals surface area contributed by atoms with E-state index in [1.165, 1.54) is 0 Å². The maximum absolute atomic E-state index is 11.3. The quantitative estimate of drug-likeness (QED) is 0.629. The van der Waals surface area contributed by atoms with Crippen molar-refractivity contribution in [1.82, 2.24) is 0 Å². The van der Waals surface area contributed by atoms with Gasteiger partial charge in [-0.2, -0.15) is 0 Å². The molecule has 92 valence electrons. The zero-order valence-electron chi connectivity index (χ0n) is 10.2. The monoisotopic (exact) mass is 234 g/mol. The van der Waals surface area contributed by atoms with Crippen LogP contribution in [0.2, 0.25) is 0 Å². The van der Waals surface area contributed by atoms with Crippen molar-refractivity contribution in [3.8, 4) is 0 Å². The predicted molar refractivity (Wildman–Crippen MR) is 66.4 cm³/mol. The molecule has 0 aliphatic heterocycles. The Hall–Kier alpha value is -1.61. The fraction of sp³-hybridized carbons (Fsp3) is 0.357. The molecule has 0 spiro atoms. The summed E-state index contributed by atoms with van der Waals surface area (Å²) in [6.45, 7) is 3.82. The maximum atomic E-state index is 11.3. The van der Waals surface area contributed by atoms with Gasteiger partial charge in [-0.1, -0.05) is 36.4 Å². The van der Waals surface area contributed by atoms with Crippen LogP contribution in [0.3, 0.4) is 0 Å². The van der Waals surface area contributed by atoms with Crippen LogP contribution < -0.4 is 0 Å². The van der Waals surface area contributed by atoms with Gasteiger partial charge in [0.25, 0.3) is 0 Å². The van der Waals surface area contributed by atoms with Crippen LogP contribution in [0.5, 0.6) is 0 Å². The van der Waals surface area contributed by atoms with Crippen LogP contribution in [0.4, 0.5) is 0 Å². The molecule has 17 heavy (non-hydrogen) atoms. The van der Waals surface area contributed by atoms with E-state index in [0.717, 1.165) is 5.56 Å². The molecule has 0 heterocycles. The van der Waals surface area contributed by atoms with E-state index in [1.54, 1.807) is 19.9 Å². The lowest BCUT2D eigenvalue weighted by atomic mass is 10.1. The molecule has 0 amide bonds. The fourth-order valence-electron chi connectivity index (χ4n) is 1.43. The van der Waals surface area contributed by atoms with Crippen molar-refractivity contribution in [2.24, 2.45) is 0 Å². The first-order valence-corrected chi connectivity index (χ1v) is 5.72. The average Bonchev–Trinajstić information content (AvgIpc) is 2.36. The Balaban J connectivity index is 2.55. The van der Waals surface area contributed by atoms with Crippen LogP contribution in [0.1, 0.15) is 31.9 Å². The molecule has 0 aliphatic carbocycles. The third-order valence-electron chi connectivity index (χ3n) is 2.43. The van der Waals surface area contributed by atoms with Gasteiger partial charge < -0.3 is 9.84 Å². The zero-order chi connectivity index (χ0) is 12.7. The second kappa shape index (κ2) is 6.86. The van der Waals surface area contributed by atoms with E-state index in [9.17, 15) is 9.90 Å². The minimum Gasteiger partial charge on any atom is -0.463 e. The molecule has 1 aromatic carbocycles. The number of hydrogen-bond donors (Lipinski definition) is 1. The molecular formula is C14H18O3. The fourth-order valence-corrected chi connectivity index (χ4v) is 1.43. The van der Waals surface area contributed by atoms with Gasteiger partial charge in [-0.05, 0) is 25.8 Å². The van der Waals surface area contributed by atoms with Crippen LogP contribution in [-0.2, 0) is 9.53 Å². The van der Waals surface area contributed by atoms with Crippen LogP contribution in [0.15, 0.2) is 42.0 Å². The van der Waals surface area contributed by atoms with E-state index in [-0.39, 0.29) is 5.97 Å². The molecule has 0 saturated heterocycles. The van der Waals surface area contributed by atoms with Crippen LogP contribution in [0, 0.1) is 0 Å². The molecule has 0 aliphatic rings. The largest absolute Gasteiger partial charge is 0.463 e. The van der Waals surface area contributed by atoms with Crippen molar-refractivity contribution in [3.05, 3.63) is 47.5 Å². The van der Waals surface area contributed by atoms with E-state index in [2.05, 4.69) is 0 Å². The summed E-state index contributed by atoms with van der Waals surface area (Å²) >= 11 is 0. The standard InChI is InChI=1S/C14H18O3/c1-3-17-14(16)11(2)9-10-13(15)12-7-5-4-6-8-12/h4-9,13,15H,3,10H2,1-2H3/b11-9+/t13-/m0/s1. The van der Waals surface area contributed by atoms with Crippen molar-refractivity contribution in [3.63, 3.8) is 0 Å². The van der Waals surface area contributed by atoms with Gasteiger partial charge in [-0.15, -0.1) is 0 Å². The van der Waals surface area contributed by atoms with Gasteiger partial charge in [0.2, 0.25) is 0 Å². The second-order valence-corrected chi connectivity index (χ2v) is 3.77. The Morgan fingerprint density at radius 1 is 1.41 bits per heavy atom. The average molecular weight is 234 g/mol. The van der Waals surface area contributed by atoms with E-state index in [4.69, 9.17) is 4.74 Å². The molecular weight excluding hydrogens is 216 g/mol. The van der Waals surface area contributed by atoms with Gasteiger partial charge >= 0.3 is 5.97 Å². The Kier molecular flexibility index (Phi) is 5.43. The molecule has 0 radical (unpaired) electrons. The maximum Gasteiger partial charge on any atom is 0.333 e. The highest BCUT2D eigenvalue weighted by Crippen LogP contribution is 2.17. The SMILES string of the molecule is CCOC(=O)/C(C)=C/C[C@H](O)c1ccccc1. The summed E-state index contributed by atoms with van der Waals surface area (Å²) in [7, 11) is 0. The third-order valence-corrected chi connectivity index (χ3v) is 2.43. The minimum absolute atomic E-state index is 0.326. The summed E-state index contributed by atoms with van der Waals surface area (Å²) in [5.74, 6) is -0.326. The molecule has 0 fully saturated rings. The molecule has 0 unspecified atom stereocenters. The van der Waals surface area contributed by atoms with Gasteiger partial charge in [-0.3, -0.25) is 0 Å². The molecule has 0 bridgehead atoms. The van der Waals surface area contributed by atoms with E-state index in [0.29, 0.717) is 18.6 Å². The molecule has 1 atom stereocenters. The first-order valence-electron chi connectivity index (χ1n) is 5.72. The minimum atomic E-state index is -0.583. The van der Waals surface area contributed by atoms with E-state index < -0.39 is 6.10 Å². The van der Waals surface area contributed by atoms with Crippen molar-refractivity contribution in [1.29, 1.82) is 0 Å². The lowest BCUT2D eigenvalue weighted by molar-refractivity contribution is -0.138. The highest BCUT2D eigenvalue weighted by molar-refractivity contribution is 5.87. The Morgan fingerprint density at radius 3 is 2.65 bits per heavy atom. The summed E-state index contributed by atoms with van der Waals surface area (Å²) < 4.78 is 4.85. The van der Waals surface area contributed by atoms with E-state index in [1.807, 2.05) is 30.3 Å². The lowest BCUT2D eigenvalue weighted by Crippen LogP contribution is -2.05. The number of carbonyl (C=O) groups excluding carboxylic acids is 1. The van der Waals surface area contributed by atoms with Crippen molar-refractivity contribution in [2.75, 3.05) is 6.61 Å². The van der Waals surface area contributed by atoms with Crippen LogP contribution in [0.25, 0.3) is 0 Å². The number of aliphatic hydroxyl groups is 1. The first kappa shape index (κ1) is 13.5. The predicted octanol–water partition coefficient (Wildman–Crippen LogP) is 2.62. The summed E-state index contributed by atoms with van der Waals surface area (Å²) in [6.07, 6.45) is 1.53. The summed E-state index contributed by atoms with van der Waals surface area (Å²) in [5.41, 5.74) is 1.38. The molecule has 1 aromatic rings. The Bertz CT molecular complexity index is 382. The topological polar surface area (TPSA) is 46.5 Å². The van der Waals surface area contributed by atoms with E-state index >= 15 is 0 Å². The number of esters is 1. The summed E-state index contributed by atoms with van der Waals surface area (Å²) in [6, 6.07) is 9.37. The highest BCUT2D eigenvalue weighted by Gasteiger charge is 2.08. The summed E-state index contributed by atoms with van der Waals surface area (Å²) in [5, 5.41) is 9.88. The zero-order valence-corrected chi connectivity index (χ0v) is 10.2. The molecule has 3 nitrogen and oxygen atoms in total. The second-order valence-electron chi connectivity index (χ2n) is 3.77. The molecule has 0 saturated carbocycles. The smallest absolute Gasteiger partial charge is 0.333 e. The normalized spacial score (nSPS) is 13.2. The Morgan fingerprint density at radius 2 is 2.06 bits per heavy atom. The molecule has 1 rings (SSSR count). The van der Waals surface area contributed by atoms with Crippen molar-refractivity contribution in [2.45, 2.75) is 26.4 Å². The number of benzene rings is 1. The first-order chi connectivity index (χ1) is 8.15. The van der Waals surface area contributed by atoms with Gasteiger partial charge in [0.1, 0.15) is 0 Å². The lowest BCUT2D eigenvalue weighted by Gasteiger charge is -2.08. The number of hydrogen-bond acceptors (Lipinski definition) is 3. The van der Waals surface area contributed by atoms with Gasteiger partial charge in [0.15, 0.2) is 0 Å². The van der Waals surface area contributed by atoms with Crippen molar-refractivity contribution >= 4 is 5.97 Å². The molecule has 0 aromatic heterocycles. The van der Waals surface area contributed by atoms with Gasteiger partial charge in [0.05, 0.1) is 12.7 Å². The van der Waals surface area contributed by atoms with Crippen LogP contribution in [-0.4, -0.2) is 17.7 Å².